The van der Waals surface area contributed by atoms with Crippen molar-refractivity contribution in [2.24, 2.45) is 0 Å². The Morgan fingerprint density at radius 1 is 0.867 bits per heavy atom. The molecular formula is C23H20N6S. The number of aromatic nitrogens is 4. The molecule has 0 aliphatic carbocycles. The Kier molecular flexibility index (Phi) is 4.94. The van der Waals surface area contributed by atoms with Crippen LogP contribution in [0.5, 0.6) is 0 Å². The largest absolute Gasteiger partial charge is 0.352 e. The zero-order chi connectivity index (χ0) is 20.3. The Morgan fingerprint density at radius 3 is 2.37 bits per heavy atom. The van der Waals surface area contributed by atoms with Crippen molar-refractivity contribution in [3.05, 3.63) is 109 Å². The lowest BCUT2D eigenvalue weighted by Crippen LogP contribution is -2.30. The van der Waals surface area contributed by atoms with Crippen molar-refractivity contribution in [1.82, 2.24) is 29.7 Å². The van der Waals surface area contributed by atoms with Gasteiger partial charge in [0.2, 0.25) is 0 Å². The summed E-state index contributed by atoms with van der Waals surface area (Å²) in [4.78, 5) is 15.1. The topological polar surface area (TPSA) is 58.9 Å². The third kappa shape index (κ3) is 3.44. The fraction of sp³-hybridized carbons (Fsp3) is 0.130. The molecule has 4 aromatic rings. The Morgan fingerprint density at radius 2 is 1.63 bits per heavy atom. The van der Waals surface area contributed by atoms with Gasteiger partial charge in [-0.2, -0.15) is 0 Å². The summed E-state index contributed by atoms with van der Waals surface area (Å²) < 4.78 is 2.19. The second-order valence-electron chi connectivity index (χ2n) is 7.12. The number of pyridine rings is 3. The van der Waals surface area contributed by atoms with E-state index in [9.17, 15) is 0 Å². The molecule has 4 aromatic heterocycles. The van der Waals surface area contributed by atoms with Crippen LogP contribution in [0.1, 0.15) is 29.0 Å². The molecule has 1 aliphatic heterocycles. The van der Waals surface area contributed by atoms with Crippen molar-refractivity contribution in [2.75, 3.05) is 0 Å². The number of hydrogen-bond acceptors (Lipinski definition) is 4. The molecule has 7 heteroatoms. The SMILES string of the molecule is S=C1N[C@@H](c2ccccn2)[C@@H](c2cccn2-c2ccncc2)N1Cc1ccncc1. The van der Waals surface area contributed by atoms with Gasteiger partial charge in [0.15, 0.2) is 5.11 Å². The van der Waals surface area contributed by atoms with Gasteiger partial charge in [-0.1, -0.05) is 6.07 Å². The molecule has 5 rings (SSSR count). The third-order valence-electron chi connectivity index (χ3n) is 5.32. The lowest BCUT2D eigenvalue weighted by atomic mass is 10.0. The molecule has 0 amide bonds. The van der Waals surface area contributed by atoms with Crippen LogP contribution in [0.25, 0.3) is 5.69 Å². The van der Waals surface area contributed by atoms with Crippen LogP contribution in [0.4, 0.5) is 0 Å². The molecule has 148 valence electrons. The predicted molar refractivity (Wildman–Crippen MR) is 119 cm³/mol. The van der Waals surface area contributed by atoms with Gasteiger partial charge in [0.25, 0.3) is 0 Å². The van der Waals surface area contributed by atoms with Crippen molar-refractivity contribution in [2.45, 2.75) is 18.6 Å². The molecule has 2 atom stereocenters. The zero-order valence-corrected chi connectivity index (χ0v) is 17.0. The first kappa shape index (κ1) is 18.4. The molecule has 0 bridgehead atoms. The molecule has 6 nitrogen and oxygen atoms in total. The minimum absolute atomic E-state index is 0.0243. The van der Waals surface area contributed by atoms with Crippen LogP contribution in [0.2, 0.25) is 0 Å². The number of thiocarbonyl (C=S) groups is 1. The summed E-state index contributed by atoms with van der Waals surface area (Å²) in [6, 6.07) is 18.2. The zero-order valence-electron chi connectivity index (χ0n) is 16.2. The minimum Gasteiger partial charge on any atom is -0.352 e. The molecule has 1 fully saturated rings. The maximum absolute atomic E-state index is 5.78. The van der Waals surface area contributed by atoms with E-state index < -0.39 is 0 Å². The highest BCUT2D eigenvalue weighted by molar-refractivity contribution is 7.80. The van der Waals surface area contributed by atoms with Crippen molar-refractivity contribution in [1.29, 1.82) is 0 Å². The van der Waals surface area contributed by atoms with Gasteiger partial charge in [-0.05, 0) is 66.3 Å². The molecule has 0 aromatic carbocycles. The highest BCUT2D eigenvalue weighted by Crippen LogP contribution is 2.40. The molecule has 0 unspecified atom stereocenters. The summed E-state index contributed by atoms with van der Waals surface area (Å²) in [5, 5.41) is 4.23. The Labute approximate surface area is 180 Å². The maximum Gasteiger partial charge on any atom is 0.170 e. The van der Waals surface area contributed by atoms with Gasteiger partial charge in [0.05, 0.1) is 17.8 Å². The second-order valence-corrected chi connectivity index (χ2v) is 7.51. The molecule has 1 N–H and O–H groups in total. The fourth-order valence-electron chi connectivity index (χ4n) is 3.96. The van der Waals surface area contributed by atoms with E-state index >= 15 is 0 Å². The lowest BCUT2D eigenvalue weighted by molar-refractivity contribution is 0.302. The van der Waals surface area contributed by atoms with E-state index in [4.69, 9.17) is 12.2 Å². The maximum atomic E-state index is 5.78. The summed E-state index contributed by atoms with van der Waals surface area (Å²) >= 11 is 5.78. The van der Waals surface area contributed by atoms with E-state index in [0.717, 1.165) is 27.8 Å². The van der Waals surface area contributed by atoms with Crippen LogP contribution in [0, 0.1) is 0 Å². The van der Waals surface area contributed by atoms with Gasteiger partial charge in [0.1, 0.15) is 0 Å². The van der Waals surface area contributed by atoms with Crippen LogP contribution in [-0.2, 0) is 6.54 Å². The quantitative estimate of drug-likeness (QED) is 0.503. The van der Waals surface area contributed by atoms with Gasteiger partial charge < -0.3 is 14.8 Å². The molecule has 5 heterocycles. The Hall–Kier alpha value is -3.58. The van der Waals surface area contributed by atoms with E-state index in [1.165, 1.54) is 0 Å². The Balaban J connectivity index is 1.60. The normalized spacial score (nSPS) is 18.4. The fourth-order valence-corrected chi connectivity index (χ4v) is 4.26. The minimum atomic E-state index is -0.0592. The molecule has 0 saturated carbocycles. The summed E-state index contributed by atoms with van der Waals surface area (Å²) in [6.45, 7) is 0.684. The second kappa shape index (κ2) is 8.04. The first-order valence-corrected chi connectivity index (χ1v) is 10.2. The third-order valence-corrected chi connectivity index (χ3v) is 5.68. The van der Waals surface area contributed by atoms with Crippen molar-refractivity contribution >= 4 is 17.3 Å². The van der Waals surface area contributed by atoms with Crippen molar-refractivity contribution < 1.29 is 0 Å². The number of nitrogens with one attached hydrogen (secondary N) is 1. The summed E-state index contributed by atoms with van der Waals surface area (Å²) in [7, 11) is 0. The van der Waals surface area contributed by atoms with E-state index in [-0.39, 0.29) is 12.1 Å². The standard InChI is InChI=1S/C23H20N6S/c30-23-27-21(19-4-1-2-10-26-19)22(29(23)16-17-6-11-24-12-7-17)20-5-3-15-28(20)18-8-13-25-14-9-18/h1-15,21-22H,16H2,(H,27,30)/t21-,22+/m0/s1. The monoisotopic (exact) mass is 412 g/mol. The molecular weight excluding hydrogens is 392 g/mol. The van der Waals surface area contributed by atoms with Gasteiger partial charge in [-0.15, -0.1) is 0 Å². The average molecular weight is 413 g/mol. The predicted octanol–water partition coefficient (Wildman–Crippen LogP) is 3.84. The molecule has 1 aliphatic rings. The smallest absolute Gasteiger partial charge is 0.170 e. The lowest BCUT2D eigenvalue weighted by Gasteiger charge is -2.29. The summed E-state index contributed by atoms with van der Waals surface area (Å²) in [5.41, 5.74) is 4.32. The van der Waals surface area contributed by atoms with Crippen LogP contribution in [0.15, 0.2) is 91.8 Å². The van der Waals surface area contributed by atoms with Crippen molar-refractivity contribution in [3.8, 4) is 5.69 Å². The van der Waals surface area contributed by atoms with Crippen molar-refractivity contribution in [3.63, 3.8) is 0 Å². The first-order chi connectivity index (χ1) is 14.8. The van der Waals surface area contributed by atoms with Gasteiger partial charge in [-0.25, -0.2) is 0 Å². The van der Waals surface area contributed by atoms with Crippen LogP contribution in [-0.4, -0.2) is 29.5 Å². The molecule has 0 spiro atoms. The number of rotatable bonds is 5. The van der Waals surface area contributed by atoms with E-state index in [1.807, 2.05) is 73.4 Å². The molecule has 1 saturated heterocycles. The number of nitrogens with zero attached hydrogens (tertiary/aromatic N) is 5. The average Bonchev–Trinajstić information content (AvgIpc) is 3.40. The van der Waals surface area contributed by atoms with Gasteiger partial charge in [-0.3, -0.25) is 15.0 Å². The van der Waals surface area contributed by atoms with Crippen LogP contribution < -0.4 is 5.32 Å². The highest BCUT2D eigenvalue weighted by atomic mass is 32.1. The van der Waals surface area contributed by atoms with E-state index in [2.05, 4.69) is 48.1 Å². The van der Waals surface area contributed by atoms with Gasteiger partial charge in [0, 0.05) is 55.1 Å². The highest BCUT2D eigenvalue weighted by Gasteiger charge is 2.41. The summed E-state index contributed by atoms with van der Waals surface area (Å²) in [6.07, 6.45) is 11.1. The van der Waals surface area contributed by atoms with Gasteiger partial charge >= 0.3 is 0 Å². The van der Waals surface area contributed by atoms with E-state index in [0.29, 0.717) is 6.54 Å². The summed E-state index contributed by atoms with van der Waals surface area (Å²) in [5.74, 6) is 0. The molecule has 0 radical (unpaired) electrons. The van der Waals surface area contributed by atoms with Crippen LogP contribution >= 0.6 is 12.2 Å². The molecule has 30 heavy (non-hydrogen) atoms. The Bertz CT molecular complexity index is 1130. The van der Waals surface area contributed by atoms with Crippen LogP contribution in [0.3, 0.4) is 0 Å². The first-order valence-electron chi connectivity index (χ1n) is 9.76. The number of hydrogen-bond donors (Lipinski definition) is 1. The van der Waals surface area contributed by atoms with E-state index in [1.54, 1.807) is 0 Å².